The third kappa shape index (κ3) is 2.58. The Morgan fingerprint density at radius 1 is 0.944 bits per heavy atom. The van der Waals surface area contributed by atoms with Crippen molar-refractivity contribution < 1.29 is 0 Å². The summed E-state index contributed by atoms with van der Waals surface area (Å²) in [6.45, 7) is 6.13. The highest BCUT2D eigenvalue weighted by atomic mass is 35.5. The van der Waals surface area contributed by atoms with Crippen molar-refractivity contribution >= 4 is 11.6 Å². The van der Waals surface area contributed by atoms with Gasteiger partial charge in [0.2, 0.25) is 0 Å². The zero-order valence-electron chi connectivity index (χ0n) is 11.0. The molecule has 0 heterocycles. The van der Waals surface area contributed by atoms with Crippen LogP contribution in [0.2, 0.25) is 5.02 Å². The quantitative estimate of drug-likeness (QED) is 0.854. The molecule has 0 amide bonds. The van der Waals surface area contributed by atoms with E-state index >= 15 is 0 Å². The van der Waals surface area contributed by atoms with Gasteiger partial charge in [-0.15, -0.1) is 0 Å². The van der Waals surface area contributed by atoms with Gasteiger partial charge in [-0.2, -0.15) is 0 Å². The van der Waals surface area contributed by atoms with E-state index in [0.29, 0.717) is 0 Å². The first-order chi connectivity index (χ1) is 8.49. The van der Waals surface area contributed by atoms with Crippen molar-refractivity contribution in [3.63, 3.8) is 0 Å². The van der Waals surface area contributed by atoms with E-state index in [2.05, 4.69) is 44.2 Å². The first-order valence-corrected chi connectivity index (χ1v) is 6.45. The molecule has 0 fully saturated rings. The molecule has 0 saturated heterocycles. The molecule has 0 aromatic heterocycles. The SMILES string of the molecule is Cc1ccc(C(N)c2cc(C)c(Cl)cc2C)cc1. The van der Waals surface area contributed by atoms with Crippen LogP contribution in [0.1, 0.15) is 33.9 Å². The van der Waals surface area contributed by atoms with E-state index in [1.165, 1.54) is 5.56 Å². The van der Waals surface area contributed by atoms with E-state index in [4.69, 9.17) is 17.3 Å². The Bertz CT molecular complexity index is 558. The third-order valence-corrected chi connectivity index (χ3v) is 3.73. The predicted molar refractivity (Wildman–Crippen MR) is 78.1 cm³/mol. The number of nitrogens with two attached hydrogens (primary N) is 1. The molecule has 0 bridgehead atoms. The molecular formula is C16H18ClN. The fourth-order valence-corrected chi connectivity index (χ4v) is 2.31. The van der Waals surface area contributed by atoms with E-state index in [1.807, 2.05) is 13.0 Å². The van der Waals surface area contributed by atoms with Crippen LogP contribution in [-0.2, 0) is 0 Å². The van der Waals surface area contributed by atoms with Gasteiger partial charge < -0.3 is 5.73 Å². The van der Waals surface area contributed by atoms with Crippen molar-refractivity contribution in [3.8, 4) is 0 Å². The van der Waals surface area contributed by atoms with Crippen LogP contribution >= 0.6 is 11.6 Å². The highest BCUT2D eigenvalue weighted by Gasteiger charge is 2.12. The molecule has 2 aromatic rings. The molecule has 0 aliphatic heterocycles. The highest BCUT2D eigenvalue weighted by molar-refractivity contribution is 6.31. The summed E-state index contributed by atoms with van der Waals surface area (Å²) < 4.78 is 0. The van der Waals surface area contributed by atoms with Crippen molar-refractivity contribution in [1.82, 2.24) is 0 Å². The fraction of sp³-hybridized carbons (Fsp3) is 0.250. The molecule has 2 aromatic carbocycles. The first-order valence-electron chi connectivity index (χ1n) is 6.08. The lowest BCUT2D eigenvalue weighted by molar-refractivity contribution is 0.859. The molecule has 2 rings (SSSR count). The van der Waals surface area contributed by atoms with Crippen LogP contribution in [0.4, 0.5) is 0 Å². The predicted octanol–water partition coefficient (Wildman–Crippen LogP) is 4.31. The molecule has 2 N–H and O–H groups in total. The molecule has 94 valence electrons. The molecule has 0 spiro atoms. The van der Waals surface area contributed by atoms with E-state index < -0.39 is 0 Å². The third-order valence-electron chi connectivity index (χ3n) is 3.32. The summed E-state index contributed by atoms with van der Waals surface area (Å²) in [6, 6.07) is 12.3. The molecule has 2 heteroatoms. The van der Waals surface area contributed by atoms with Gasteiger partial charge in [-0.1, -0.05) is 47.5 Å². The van der Waals surface area contributed by atoms with E-state index in [-0.39, 0.29) is 6.04 Å². The summed E-state index contributed by atoms with van der Waals surface area (Å²) in [5.74, 6) is 0. The van der Waals surface area contributed by atoms with Crippen LogP contribution < -0.4 is 5.73 Å². The lowest BCUT2D eigenvalue weighted by Gasteiger charge is -2.17. The maximum atomic E-state index is 6.34. The summed E-state index contributed by atoms with van der Waals surface area (Å²) >= 11 is 6.12. The molecule has 1 nitrogen and oxygen atoms in total. The fourth-order valence-electron chi connectivity index (χ4n) is 2.09. The molecule has 0 aliphatic carbocycles. The first kappa shape index (κ1) is 13.1. The molecule has 0 radical (unpaired) electrons. The summed E-state index contributed by atoms with van der Waals surface area (Å²) in [6.07, 6.45) is 0. The topological polar surface area (TPSA) is 26.0 Å². The monoisotopic (exact) mass is 259 g/mol. The standard InChI is InChI=1S/C16H18ClN/c1-10-4-6-13(7-5-10)16(18)14-8-12(3)15(17)9-11(14)2/h4-9,16H,18H2,1-3H3. The van der Waals surface area contributed by atoms with Crippen molar-refractivity contribution in [2.24, 2.45) is 5.73 Å². The van der Waals surface area contributed by atoms with Crippen molar-refractivity contribution in [3.05, 3.63) is 69.2 Å². The second-order valence-corrected chi connectivity index (χ2v) is 5.25. The molecule has 0 aliphatic rings. The average molecular weight is 260 g/mol. The van der Waals surface area contributed by atoms with Gasteiger partial charge in [0.15, 0.2) is 0 Å². The summed E-state index contributed by atoms with van der Waals surface area (Å²) in [5, 5.41) is 0.798. The minimum absolute atomic E-state index is 0.0958. The Morgan fingerprint density at radius 3 is 2.17 bits per heavy atom. The van der Waals surface area contributed by atoms with Gasteiger partial charge in [0.25, 0.3) is 0 Å². The zero-order valence-corrected chi connectivity index (χ0v) is 11.8. The smallest absolute Gasteiger partial charge is 0.0554 e. The second-order valence-electron chi connectivity index (χ2n) is 4.85. The van der Waals surface area contributed by atoms with Gasteiger partial charge in [0, 0.05) is 5.02 Å². The van der Waals surface area contributed by atoms with Gasteiger partial charge in [-0.25, -0.2) is 0 Å². The summed E-state index contributed by atoms with van der Waals surface area (Å²) in [7, 11) is 0. The minimum atomic E-state index is -0.0958. The molecule has 1 atom stereocenters. The van der Waals surface area contributed by atoms with E-state index in [1.54, 1.807) is 0 Å². The van der Waals surface area contributed by atoms with Crippen LogP contribution in [0.25, 0.3) is 0 Å². The van der Waals surface area contributed by atoms with Gasteiger partial charge in [0.05, 0.1) is 6.04 Å². The van der Waals surface area contributed by atoms with Gasteiger partial charge in [-0.05, 0) is 49.1 Å². The van der Waals surface area contributed by atoms with Crippen LogP contribution in [-0.4, -0.2) is 0 Å². The summed E-state index contributed by atoms with van der Waals surface area (Å²) in [5.41, 5.74) is 12.1. The molecule has 1 unspecified atom stereocenters. The molecule has 0 saturated carbocycles. The molecule has 18 heavy (non-hydrogen) atoms. The van der Waals surface area contributed by atoms with E-state index in [0.717, 1.165) is 27.3 Å². The maximum absolute atomic E-state index is 6.34. The number of rotatable bonds is 2. The van der Waals surface area contributed by atoms with Gasteiger partial charge in [0.1, 0.15) is 0 Å². The second kappa shape index (κ2) is 5.13. The van der Waals surface area contributed by atoms with Crippen LogP contribution in [0.5, 0.6) is 0 Å². The Kier molecular flexibility index (Phi) is 3.74. The van der Waals surface area contributed by atoms with Crippen molar-refractivity contribution in [1.29, 1.82) is 0 Å². The number of hydrogen-bond donors (Lipinski definition) is 1. The Hall–Kier alpha value is -1.31. The lowest BCUT2D eigenvalue weighted by atomic mass is 9.94. The zero-order chi connectivity index (χ0) is 13.3. The normalized spacial score (nSPS) is 12.5. The van der Waals surface area contributed by atoms with Gasteiger partial charge >= 0.3 is 0 Å². The Labute approximate surface area is 114 Å². The van der Waals surface area contributed by atoms with Crippen LogP contribution in [0, 0.1) is 20.8 Å². The molecular weight excluding hydrogens is 242 g/mol. The maximum Gasteiger partial charge on any atom is 0.0554 e. The lowest BCUT2D eigenvalue weighted by Crippen LogP contribution is -2.13. The number of halogens is 1. The van der Waals surface area contributed by atoms with Crippen LogP contribution in [0.3, 0.4) is 0 Å². The van der Waals surface area contributed by atoms with Crippen molar-refractivity contribution in [2.45, 2.75) is 26.8 Å². The number of aryl methyl sites for hydroxylation is 3. The van der Waals surface area contributed by atoms with Crippen LogP contribution in [0.15, 0.2) is 36.4 Å². The number of benzene rings is 2. The van der Waals surface area contributed by atoms with E-state index in [9.17, 15) is 0 Å². The Balaban J connectivity index is 2.42. The largest absolute Gasteiger partial charge is 0.320 e. The summed E-state index contributed by atoms with van der Waals surface area (Å²) in [4.78, 5) is 0. The minimum Gasteiger partial charge on any atom is -0.320 e. The average Bonchev–Trinajstić information content (AvgIpc) is 2.34. The Morgan fingerprint density at radius 2 is 1.56 bits per heavy atom. The van der Waals surface area contributed by atoms with Crippen molar-refractivity contribution in [2.75, 3.05) is 0 Å². The number of hydrogen-bond acceptors (Lipinski definition) is 1. The highest BCUT2D eigenvalue weighted by Crippen LogP contribution is 2.27. The van der Waals surface area contributed by atoms with Gasteiger partial charge in [-0.3, -0.25) is 0 Å².